The lowest BCUT2D eigenvalue weighted by Gasteiger charge is -2.08. The maximum Gasteiger partial charge on any atom is 0.356 e. The molecular weight excluding hydrogens is 280 g/mol. The second-order valence-electron chi connectivity index (χ2n) is 4.94. The second-order valence-corrected chi connectivity index (χ2v) is 4.94. The molecule has 0 unspecified atom stereocenters. The maximum absolute atomic E-state index is 11.6. The molecule has 0 aliphatic heterocycles. The van der Waals surface area contributed by atoms with Crippen LogP contribution in [0.25, 0.3) is 22.0 Å². The smallest absolute Gasteiger partial charge is 0.356 e. The van der Waals surface area contributed by atoms with Crippen LogP contribution in [0.5, 0.6) is 5.75 Å². The molecule has 5 nitrogen and oxygen atoms in total. The van der Waals surface area contributed by atoms with Gasteiger partial charge < -0.3 is 9.84 Å². The molecule has 0 aliphatic carbocycles. The van der Waals surface area contributed by atoms with Gasteiger partial charge in [-0.05, 0) is 47.9 Å². The normalized spacial score (nSPS) is 10.6. The number of carbonyl (C=O) groups is 1. The number of esters is 1. The molecule has 2 heterocycles. The Balaban J connectivity index is 2.18. The number of benzene rings is 1. The van der Waals surface area contributed by atoms with Crippen LogP contribution < -0.4 is 0 Å². The molecule has 0 saturated carbocycles. The van der Waals surface area contributed by atoms with Crippen LogP contribution in [-0.4, -0.2) is 28.2 Å². The van der Waals surface area contributed by atoms with Gasteiger partial charge in [0.15, 0.2) is 5.69 Å². The molecule has 0 saturated heterocycles. The van der Waals surface area contributed by atoms with Crippen LogP contribution in [0.4, 0.5) is 0 Å². The fourth-order valence-corrected chi connectivity index (χ4v) is 2.33. The molecule has 0 fully saturated rings. The van der Waals surface area contributed by atoms with Crippen molar-refractivity contribution in [3.8, 4) is 16.9 Å². The lowest BCUT2D eigenvalue weighted by Crippen LogP contribution is -2.04. The van der Waals surface area contributed by atoms with Crippen molar-refractivity contribution in [1.82, 2.24) is 9.97 Å². The molecule has 0 bridgehead atoms. The highest BCUT2D eigenvalue weighted by molar-refractivity contribution is 5.97. The minimum Gasteiger partial charge on any atom is -0.508 e. The number of aromatic nitrogens is 2. The fourth-order valence-electron chi connectivity index (χ4n) is 2.33. The number of carbonyl (C=O) groups excluding carboxylic acids is 1. The van der Waals surface area contributed by atoms with Crippen molar-refractivity contribution in [2.45, 2.75) is 6.92 Å². The first-order valence-electron chi connectivity index (χ1n) is 6.73. The van der Waals surface area contributed by atoms with E-state index in [1.807, 2.05) is 25.1 Å². The van der Waals surface area contributed by atoms with Gasteiger partial charge in [0, 0.05) is 17.8 Å². The van der Waals surface area contributed by atoms with E-state index in [0.717, 1.165) is 22.1 Å². The lowest BCUT2D eigenvalue weighted by atomic mass is 10.0. The highest BCUT2D eigenvalue weighted by atomic mass is 16.5. The highest BCUT2D eigenvalue weighted by Crippen LogP contribution is 2.30. The van der Waals surface area contributed by atoms with Crippen molar-refractivity contribution in [2.24, 2.45) is 0 Å². The predicted octanol–water partition coefficient (Wildman–Crippen LogP) is 3.10. The quantitative estimate of drug-likeness (QED) is 0.735. The number of fused-ring (bicyclic) bond motifs is 1. The van der Waals surface area contributed by atoms with Gasteiger partial charge in [0.1, 0.15) is 5.75 Å². The molecule has 0 aliphatic rings. The first kappa shape index (κ1) is 14.0. The third-order valence-electron chi connectivity index (χ3n) is 3.53. The Labute approximate surface area is 127 Å². The minimum absolute atomic E-state index is 0.224. The van der Waals surface area contributed by atoms with Gasteiger partial charge in [-0.1, -0.05) is 6.07 Å². The zero-order valence-electron chi connectivity index (χ0n) is 12.2. The molecule has 0 spiro atoms. The molecule has 2 aromatic heterocycles. The largest absolute Gasteiger partial charge is 0.508 e. The number of nitrogens with zero attached hydrogens (tertiary/aromatic N) is 2. The van der Waals surface area contributed by atoms with Crippen LogP contribution in [0, 0.1) is 6.92 Å². The molecule has 0 amide bonds. The fraction of sp³-hybridized carbons (Fsp3) is 0.118. The van der Waals surface area contributed by atoms with Crippen LogP contribution in [0.2, 0.25) is 0 Å². The first-order valence-corrected chi connectivity index (χ1v) is 6.73. The summed E-state index contributed by atoms with van der Waals surface area (Å²) in [6.07, 6.45) is 3.30. The van der Waals surface area contributed by atoms with Crippen molar-refractivity contribution in [2.75, 3.05) is 7.11 Å². The number of ether oxygens (including phenoxy) is 1. The standard InChI is InChI=1S/C17H14N2O3/c1-10-7-11(3-4-16(10)20)12-5-6-18-14-8-15(17(21)22-2)19-9-13(12)14/h3-9,20H,1-2H3. The van der Waals surface area contributed by atoms with Crippen molar-refractivity contribution in [1.29, 1.82) is 0 Å². The van der Waals surface area contributed by atoms with Gasteiger partial charge in [-0.2, -0.15) is 0 Å². The Bertz CT molecular complexity index is 875. The number of aryl methyl sites for hydroxylation is 1. The van der Waals surface area contributed by atoms with Gasteiger partial charge in [0.25, 0.3) is 0 Å². The zero-order chi connectivity index (χ0) is 15.7. The summed E-state index contributed by atoms with van der Waals surface area (Å²) >= 11 is 0. The molecule has 0 atom stereocenters. The Hall–Kier alpha value is -2.95. The number of hydrogen-bond donors (Lipinski definition) is 1. The average molecular weight is 294 g/mol. The first-order chi connectivity index (χ1) is 10.6. The number of rotatable bonds is 2. The van der Waals surface area contributed by atoms with Crippen molar-refractivity contribution in [3.05, 3.63) is 54.0 Å². The minimum atomic E-state index is -0.491. The summed E-state index contributed by atoms with van der Waals surface area (Å²) in [6.45, 7) is 1.84. The molecule has 22 heavy (non-hydrogen) atoms. The molecule has 1 N–H and O–H groups in total. The predicted molar refractivity (Wildman–Crippen MR) is 82.7 cm³/mol. The molecule has 3 rings (SSSR count). The summed E-state index contributed by atoms with van der Waals surface area (Å²) in [6, 6.07) is 8.89. The summed E-state index contributed by atoms with van der Waals surface area (Å²) in [4.78, 5) is 20.0. The molecule has 5 heteroatoms. The molecule has 110 valence electrons. The number of methoxy groups -OCH3 is 1. The Morgan fingerprint density at radius 1 is 1.18 bits per heavy atom. The van der Waals surface area contributed by atoms with Crippen LogP contribution in [0.1, 0.15) is 16.1 Å². The summed E-state index contributed by atoms with van der Waals surface area (Å²) in [5.74, 6) is -0.234. The van der Waals surface area contributed by atoms with Gasteiger partial charge in [-0.15, -0.1) is 0 Å². The molecular formula is C17H14N2O3. The molecule has 3 aromatic rings. The van der Waals surface area contributed by atoms with Crippen molar-refractivity contribution in [3.63, 3.8) is 0 Å². The van der Waals surface area contributed by atoms with Crippen LogP contribution in [0.3, 0.4) is 0 Å². The monoisotopic (exact) mass is 294 g/mol. The van der Waals surface area contributed by atoms with E-state index < -0.39 is 5.97 Å². The zero-order valence-corrected chi connectivity index (χ0v) is 12.2. The summed E-state index contributed by atoms with van der Waals surface area (Å²) in [5, 5.41) is 10.5. The van der Waals surface area contributed by atoms with E-state index in [1.165, 1.54) is 7.11 Å². The topological polar surface area (TPSA) is 72.3 Å². The van der Waals surface area contributed by atoms with E-state index in [-0.39, 0.29) is 11.4 Å². The lowest BCUT2D eigenvalue weighted by molar-refractivity contribution is 0.0594. The molecule has 1 aromatic carbocycles. The van der Waals surface area contributed by atoms with E-state index in [2.05, 4.69) is 14.7 Å². The Kier molecular flexibility index (Phi) is 3.47. The van der Waals surface area contributed by atoms with Crippen LogP contribution >= 0.6 is 0 Å². The number of phenolic OH excluding ortho intramolecular Hbond substituents is 1. The number of aromatic hydroxyl groups is 1. The van der Waals surface area contributed by atoms with Crippen molar-refractivity contribution < 1.29 is 14.6 Å². The number of hydrogen-bond acceptors (Lipinski definition) is 5. The van der Waals surface area contributed by atoms with Gasteiger partial charge in [0.05, 0.1) is 12.6 Å². The van der Waals surface area contributed by atoms with E-state index in [1.54, 1.807) is 24.5 Å². The SMILES string of the molecule is COC(=O)c1cc2nccc(-c3ccc(O)c(C)c3)c2cn1. The highest BCUT2D eigenvalue weighted by Gasteiger charge is 2.11. The number of pyridine rings is 2. The van der Waals surface area contributed by atoms with Gasteiger partial charge >= 0.3 is 5.97 Å². The summed E-state index contributed by atoms with van der Waals surface area (Å²) in [5.41, 5.74) is 3.58. The van der Waals surface area contributed by atoms with Crippen LogP contribution in [0.15, 0.2) is 42.7 Å². The summed E-state index contributed by atoms with van der Waals surface area (Å²) < 4.78 is 4.67. The van der Waals surface area contributed by atoms with Gasteiger partial charge in [-0.3, -0.25) is 4.98 Å². The van der Waals surface area contributed by atoms with Crippen molar-refractivity contribution >= 4 is 16.9 Å². The molecule has 0 radical (unpaired) electrons. The Morgan fingerprint density at radius 3 is 2.73 bits per heavy atom. The Morgan fingerprint density at radius 2 is 2.00 bits per heavy atom. The third kappa shape index (κ3) is 2.37. The van der Waals surface area contributed by atoms with E-state index in [0.29, 0.717) is 5.52 Å². The van der Waals surface area contributed by atoms with Gasteiger partial charge in [0.2, 0.25) is 0 Å². The van der Waals surface area contributed by atoms with E-state index in [9.17, 15) is 9.90 Å². The second kappa shape index (κ2) is 5.44. The summed E-state index contributed by atoms with van der Waals surface area (Å²) in [7, 11) is 1.32. The average Bonchev–Trinajstić information content (AvgIpc) is 2.55. The third-order valence-corrected chi connectivity index (χ3v) is 3.53. The van der Waals surface area contributed by atoms with Crippen LogP contribution in [-0.2, 0) is 4.74 Å². The van der Waals surface area contributed by atoms with Gasteiger partial charge in [-0.25, -0.2) is 9.78 Å². The maximum atomic E-state index is 11.6. The van der Waals surface area contributed by atoms with E-state index >= 15 is 0 Å². The number of phenols is 1. The van der Waals surface area contributed by atoms with E-state index in [4.69, 9.17) is 0 Å².